The third-order valence-corrected chi connectivity index (χ3v) is 26.8. The molecule has 654 valence electrons. The van der Waals surface area contributed by atoms with E-state index >= 15 is 0 Å². The maximum absolute atomic E-state index is 6.25. The van der Waals surface area contributed by atoms with Gasteiger partial charge in [-0.2, -0.15) is 0 Å². The second-order valence-electron chi connectivity index (χ2n) is 35.5. The van der Waals surface area contributed by atoms with Gasteiger partial charge in [0, 0.05) is 105 Å². The molecule has 0 atom stereocenters. The van der Waals surface area contributed by atoms with E-state index < -0.39 is 0 Å². The molecule has 0 spiro atoms. The van der Waals surface area contributed by atoms with Crippen LogP contribution >= 0.6 is 0 Å². The Morgan fingerprint density at radius 1 is 0.209 bits per heavy atom. The molecule has 0 saturated carbocycles. The monoisotopic (exact) mass is 1780 g/mol. The minimum absolute atomic E-state index is 0.105. The Hall–Kier alpha value is -18.7. The minimum Gasteiger partial charge on any atom is -0.456 e. The van der Waals surface area contributed by atoms with Crippen LogP contribution in [0.1, 0.15) is 25.0 Å². The SMILES string of the molecule is CC1(C)c2ccccc2N(c2cccc(-c3nnc(-c4ccccc4)c(-c4ccccc4)n3)c2)c2ccccc21.c1ccc(-c2nc(-c3cccc(-c4cccc(-n5c6ccccc6c6ccccc65)c4)c3)nnc2-c2ccc3c(ccc4ccccc43)c2)cc1.c1ccc(-c2nnc(-c3ccc(-n4c5ccccc5c5cc6oc7ccccc7c6cc54)cc3)nc2-c2ccc3ccccc3n2)cc1. The Morgan fingerprint density at radius 3 is 1.24 bits per heavy atom. The molecule has 0 bridgehead atoms. The molecular formula is C125H83N13O. The molecule has 0 N–H and O–H groups in total. The third-order valence-electron chi connectivity index (χ3n) is 26.8. The van der Waals surface area contributed by atoms with Crippen molar-refractivity contribution in [3.05, 3.63) is 478 Å². The van der Waals surface area contributed by atoms with Crippen molar-refractivity contribution in [1.29, 1.82) is 0 Å². The Morgan fingerprint density at radius 2 is 0.626 bits per heavy atom. The number of para-hydroxylation sites is 7. The predicted octanol–water partition coefficient (Wildman–Crippen LogP) is 31.3. The van der Waals surface area contributed by atoms with Gasteiger partial charge < -0.3 is 18.5 Å². The summed E-state index contributed by atoms with van der Waals surface area (Å²) in [7, 11) is 0. The number of rotatable bonds is 13. The molecule has 7 aromatic heterocycles. The first-order valence-corrected chi connectivity index (χ1v) is 46.7. The lowest BCUT2D eigenvalue weighted by atomic mass is 9.73. The summed E-state index contributed by atoms with van der Waals surface area (Å²) in [6, 6.07) is 162. The van der Waals surface area contributed by atoms with Crippen molar-refractivity contribution in [2.24, 2.45) is 0 Å². The van der Waals surface area contributed by atoms with Gasteiger partial charge in [-0.25, -0.2) is 19.9 Å². The molecule has 1 aliphatic rings. The maximum atomic E-state index is 6.25. The van der Waals surface area contributed by atoms with Gasteiger partial charge in [0.2, 0.25) is 0 Å². The maximum Gasteiger partial charge on any atom is 0.182 e. The molecule has 27 rings (SSSR count). The molecule has 1 aliphatic heterocycles. The number of pyridine rings is 1. The summed E-state index contributed by atoms with van der Waals surface area (Å²) in [6.45, 7) is 4.61. The van der Waals surface area contributed by atoms with E-state index in [0.29, 0.717) is 28.9 Å². The van der Waals surface area contributed by atoms with Crippen LogP contribution in [0.5, 0.6) is 0 Å². The predicted molar refractivity (Wildman–Crippen MR) is 567 cm³/mol. The van der Waals surface area contributed by atoms with E-state index in [0.717, 1.165) is 156 Å². The van der Waals surface area contributed by atoms with E-state index in [9.17, 15) is 0 Å². The zero-order valence-electron chi connectivity index (χ0n) is 75.7. The summed E-state index contributed by atoms with van der Waals surface area (Å²) in [4.78, 5) is 22.7. The van der Waals surface area contributed by atoms with Crippen molar-refractivity contribution < 1.29 is 4.42 Å². The molecule has 0 amide bonds. The normalized spacial score (nSPS) is 12.1. The van der Waals surface area contributed by atoms with Gasteiger partial charge in [0.25, 0.3) is 0 Å². The topological polar surface area (TPSA) is 155 Å². The van der Waals surface area contributed by atoms with Gasteiger partial charge in [-0.05, 0) is 165 Å². The number of hydrogen-bond acceptors (Lipinski definition) is 12. The number of fused-ring (bicyclic) bond motifs is 15. The van der Waals surface area contributed by atoms with Crippen molar-refractivity contribution in [3.8, 4) is 124 Å². The molecule has 26 aromatic rings. The molecule has 0 aliphatic carbocycles. The van der Waals surface area contributed by atoms with Crippen molar-refractivity contribution in [3.63, 3.8) is 0 Å². The fourth-order valence-corrected chi connectivity index (χ4v) is 20.1. The third kappa shape index (κ3) is 15.0. The van der Waals surface area contributed by atoms with Crippen LogP contribution in [-0.2, 0) is 5.41 Å². The number of hydrogen-bond donors (Lipinski definition) is 0. The number of nitrogens with zero attached hydrogens (tertiary/aromatic N) is 13. The van der Waals surface area contributed by atoms with Crippen molar-refractivity contribution in [1.82, 2.24) is 59.7 Å². The lowest BCUT2D eigenvalue weighted by Crippen LogP contribution is -2.30. The van der Waals surface area contributed by atoms with E-state index in [-0.39, 0.29) is 5.41 Å². The average molecular weight is 1780 g/mol. The summed E-state index contributed by atoms with van der Waals surface area (Å²) < 4.78 is 10.9. The molecule has 14 nitrogen and oxygen atoms in total. The standard InChI is InChI=1S/C47H30N4.C42H25N5O.C36H28N4/c1-2-13-32(14-3-1)45-46(36-26-27-40-35(29-36)25-24-31-12-4-5-19-39(31)40)49-50-47(48-45)37-17-10-15-33(28-37)34-16-11-18-38(30-34)51-43-22-8-6-20-41(43)42-21-7-9-23-44(42)51;1-2-11-27(12-3-1)40-41(35-23-20-26-10-4-7-15-34(26)43-35)44-42(46-45-40)28-18-21-29(22-19-28)47-36-16-8-5-13-30(36)32-25-39-33(24-37(32)47)31-14-6-9-17-38(31)48-39;1-36(2)29-20-9-11-22-31(29)40(32-23-12-10-21-30(32)36)28-19-13-18-27(24-28)35-37-33(25-14-5-3-6-15-25)34(38-39-35)26-16-7-4-8-17-26/h1-30H;1-25H;3-24H,1-2H3. The summed E-state index contributed by atoms with van der Waals surface area (Å²) in [5.74, 6) is 1.73. The van der Waals surface area contributed by atoms with Crippen LogP contribution in [0.3, 0.4) is 0 Å². The van der Waals surface area contributed by atoms with Crippen molar-refractivity contribution in [2.75, 3.05) is 4.90 Å². The lowest BCUT2D eigenvalue weighted by Gasteiger charge is -2.42. The minimum atomic E-state index is -0.105. The fraction of sp³-hybridized carbons (Fsp3) is 0.0240. The van der Waals surface area contributed by atoms with Crippen LogP contribution in [0, 0.1) is 0 Å². The van der Waals surface area contributed by atoms with Crippen LogP contribution in [0.4, 0.5) is 17.1 Å². The lowest BCUT2D eigenvalue weighted by molar-refractivity contribution is 0.632. The van der Waals surface area contributed by atoms with Gasteiger partial charge in [-0.3, -0.25) is 0 Å². The van der Waals surface area contributed by atoms with Gasteiger partial charge in [0.1, 0.15) is 45.3 Å². The number of furan rings is 1. The van der Waals surface area contributed by atoms with E-state index in [1.165, 1.54) is 65.9 Å². The van der Waals surface area contributed by atoms with Crippen molar-refractivity contribution in [2.45, 2.75) is 19.3 Å². The highest BCUT2D eigenvalue weighted by Gasteiger charge is 2.37. The molecule has 139 heavy (non-hydrogen) atoms. The van der Waals surface area contributed by atoms with Gasteiger partial charge >= 0.3 is 0 Å². The van der Waals surface area contributed by atoms with Gasteiger partial charge in [-0.1, -0.05) is 360 Å². The average Bonchev–Trinajstić information content (AvgIpc) is 1.67. The van der Waals surface area contributed by atoms with E-state index in [2.05, 4.69) is 372 Å². The Labute approximate surface area is 800 Å². The molecule has 19 aromatic carbocycles. The molecule has 14 heteroatoms. The smallest absolute Gasteiger partial charge is 0.182 e. The zero-order valence-corrected chi connectivity index (χ0v) is 75.7. The molecule has 0 radical (unpaired) electrons. The van der Waals surface area contributed by atoms with Crippen molar-refractivity contribution >= 4 is 115 Å². The van der Waals surface area contributed by atoms with Crippen LogP contribution in [0.15, 0.2) is 472 Å². The van der Waals surface area contributed by atoms with Gasteiger partial charge in [-0.15, -0.1) is 30.6 Å². The summed E-state index contributed by atoms with van der Waals surface area (Å²) >= 11 is 0. The highest BCUT2D eigenvalue weighted by Crippen LogP contribution is 2.53. The highest BCUT2D eigenvalue weighted by molar-refractivity contribution is 6.18. The number of benzene rings is 19. The Bertz CT molecular complexity index is 9160. The highest BCUT2D eigenvalue weighted by atomic mass is 16.3. The second-order valence-corrected chi connectivity index (χ2v) is 35.5. The summed E-state index contributed by atoms with van der Waals surface area (Å²) in [6.07, 6.45) is 0. The van der Waals surface area contributed by atoms with Crippen LogP contribution in [0.2, 0.25) is 0 Å². The van der Waals surface area contributed by atoms with Gasteiger partial charge in [0.05, 0.1) is 44.7 Å². The first-order valence-electron chi connectivity index (χ1n) is 46.7. The van der Waals surface area contributed by atoms with E-state index in [4.69, 9.17) is 44.7 Å². The van der Waals surface area contributed by atoms with Gasteiger partial charge in [0.15, 0.2) is 17.5 Å². The molecule has 0 fully saturated rings. The molecule has 8 heterocycles. The Kier molecular flexibility index (Phi) is 20.6. The summed E-state index contributed by atoms with van der Waals surface area (Å²) in [5.41, 5.74) is 30.6. The van der Waals surface area contributed by atoms with Crippen LogP contribution < -0.4 is 4.90 Å². The van der Waals surface area contributed by atoms with E-state index in [1.807, 2.05) is 133 Å². The number of aromatic nitrogens is 12. The fourth-order valence-electron chi connectivity index (χ4n) is 20.1. The molecular weight excluding hydrogens is 1700 g/mol. The van der Waals surface area contributed by atoms with Crippen LogP contribution in [-0.4, -0.2) is 59.7 Å². The van der Waals surface area contributed by atoms with Crippen LogP contribution in [0.25, 0.3) is 222 Å². The number of anilines is 3. The molecule has 0 unspecified atom stereocenters. The second kappa shape index (κ2) is 34.7. The first kappa shape index (κ1) is 82.3. The van der Waals surface area contributed by atoms with E-state index in [1.54, 1.807) is 0 Å². The zero-order chi connectivity index (χ0) is 92.4. The molecule has 0 saturated heterocycles. The largest absolute Gasteiger partial charge is 0.456 e. The summed E-state index contributed by atoms with van der Waals surface area (Å²) in [5, 5.41) is 41.2. The quantitative estimate of drug-likeness (QED) is 0.101. The first-order chi connectivity index (χ1) is 68.7. The Balaban J connectivity index is 0.000000111.